The number of benzene rings is 1. The molecule has 0 N–H and O–H groups in total. The number of pyridine rings is 1. The van der Waals surface area contributed by atoms with Crippen LogP contribution in [0.15, 0.2) is 67.1 Å². The van der Waals surface area contributed by atoms with E-state index in [1.54, 1.807) is 47.4 Å². The second kappa shape index (κ2) is 5.58. The smallest absolute Gasteiger partial charge is 0.259 e. The maximum Gasteiger partial charge on any atom is 0.259 e. The van der Waals surface area contributed by atoms with Gasteiger partial charge in [0.05, 0.1) is 5.56 Å². The lowest BCUT2D eigenvalue weighted by Crippen LogP contribution is -2.26. The zero-order valence-electron chi connectivity index (χ0n) is 11.5. The van der Waals surface area contributed by atoms with Gasteiger partial charge in [-0.1, -0.05) is 18.2 Å². The molecular formula is C16H14N4O. The molecular weight excluding hydrogens is 264 g/mol. The zero-order valence-corrected chi connectivity index (χ0v) is 11.5. The average molecular weight is 278 g/mol. The Morgan fingerprint density at radius 1 is 1.10 bits per heavy atom. The van der Waals surface area contributed by atoms with Gasteiger partial charge >= 0.3 is 0 Å². The molecule has 5 nitrogen and oxygen atoms in total. The summed E-state index contributed by atoms with van der Waals surface area (Å²) in [4.78, 5) is 18.3. The van der Waals surface area contributed by atoms with E-state index in [9.17, 15) is 4.79 Å². The molecule has 21 heavy (non-hydrogen) atoms. The Morgan fingerprint density at radius 3 is 2.52 bits per heavy atom. The monoisotopic (exact) mass is 278 g/mol. The predicted molar refractivity (Wildman–Crippen MR) is 80.5 cm³/mol. The average Bonchev–Trinajstić information content (AvgIpc) is 3.09. The minimum absolute atomic E-state index is 0.0966. The molecule has 1 aromatic carbocycles. The molecule has 0 saturated carbocycles. The van der Waals surface area contributed by atoms with Crippen molar-refractivity contribution in [1.82, 2.24) is 14.8 Å². The van der Waals surface area contributed by atoms with E-state index < -0.39 is 0 Å². The lowest BCUT2D eigenvalue weighted by molar-refractivity contribution is 0.0992. The van der Waals surface area contributed by atoms with Gasteiger partial charge in [-0.25, -0.2) is 9.67 Å². The summed E-state index contributed by atoms with van der Waals surface area (Å²) in [7, 11) is 1.75. The third-order valence-corrected chi connectivity index (χ3v) is 3.18. The highest BCUT2D eigenvalue weighted by atomic mass is 16.2. The van der Waals surface area contributed by atoms with E-state index in [1.165, 1.54) is 0 Å². The SMILES string of the molecule is CN(C(=O)c1ccc(-n2cccn2)nc1)c1ccccc1. The third-order valence-electron chi connectivity index (χ3n) is 3.18. The van der Waals surface area contributed by atoms with Gasteiger partial charge < -0.3 is 4.90 Å². The zero-order chi connectivity index (χ0) is 14.7. The van der Waals surface area contributed by atoms with Crippen LogP contribution in [-0.2, 0) is 0 Å². The molecule has 3 rings (SSSR count). The van der Waals surface area contributed by atoms with Crippen molar-refractivity contribution in [2.75, 3.05) is 11.9 Å². The molecule has 5 heteroatoms. The fourth-order valence-electron chi connectivity index (χ4n) is 2.01. The number of para-hydroxylation sites is 1. The van der Waals surface area contributed by atoms with Gasteiger partial charge in [0.15, 0.2) is 5.82 Å². The first-order valence-electron chi connectivity index (χ1n) is 6.55. The summed E-state index contributed by atoms with van der Waals surface area (Å²) in [6, 6.07) is 14.9. The first-order valence-corrected chi connectivity index (χ1v) is 6.55. The summed E-state index contributed by atoms with van der Waals surface area (Å²) < 4.78 is 1.65. The first-order chi connectivity index (χ1) is 10.3. The molecule has 0 bridgehead atoms. The number of hydrogen-bond donors (Lipinski definition) is 0. The van der Waals surface area contributed by atoms with Gasteiger partial charge in [0, 0.05) is 31.3 Å². The lowest BCUT2D eigenvalue weighted by atomic mass is 10.2. The predicted octanol–water partition coefficient (Wildman–Crippen LogP) is 2.54. The van der Waals surface area contributed by atoms with Crippen LogP contribution in [0.2, 0.25) is 0 Å². The van der Waals surface area contributed by atoms with Crippen molar-refractivity contribution in [3.63, 3.8) is 0 Å². The quantitative estimate of drug-likeness (QED) is 0.739. The van der Waals surface area contributed by atoms with Crippen LogP contribution in [0.1, 0.15) is 10.4 Å². The van der Waals surface area contributed by atoms with Crippen LogP contribution in [0.5, 0.6) is 0 Å². The van der Waals surface area contributed by atoms with Crippen molar-refractivity contribution >= 4 is 11.6 Å². The van der Waals surface area contributed by atoms with E-state index in [1.807, 2.05) is 36.4 Å². The van der Waals surface area contributed by atoms with Crippen LogP contribution in [-0.4, -0.2) is 27.7 Å². The Kier molecular flexibility index (Phi) is 3.47. The highest BCUT2D eigenvalue weighted by Crippen LogP contribution is 2.15. The molecule has 0 atom stereocenters. The topological polar surface area (TPSA) is 51.0 Å². The van der Waals surface area contributed by atoms with E-state index in [4.69, 9.17) is 0 Å². The molecule has 0 unspecified atom stereocenters. The van der Waals surface area contributed by atoms with Crippen LogP contribution in [0.3, 0.4) is 0 Å². The summed E-state index contributed by atoms with van der Waals surface area (Å²) in [5, 5.41) is 4.10. The Balaban J connectivity index is 1.82. The van der Waals surface area contributed by atoms with Crippen LogP contribution < -0.4 is 4.90 Å². The normalized spacial score (nSPS) is 10.3. The summed E-state index contributed by atoms with van der Waals surface area (Å²) in [5.74, 6) is 0.583. The largest absolute Gasteiger partial charge is 0.311 e. The van der Waals surface area contributed by atoms with Crippen LogP contribution in [0.4, 0.5) is 5.69 Å². The molecule has 0 aliphatic rings. The van der Waals surface area contributed by atoms with Crippen molar-refractivity contribution < 1.29 is 4.79 Å². The van der Waals surface area contributed by atoms with E-state index in [0.29, 0.717) is 11.4 Å². The van der Waals surface area contributed by atoms with Crippen LogP contribution in [0, 0.1) is 0 Å². The number of hydrogen-bond acceptors (Lipinski definition) is 3. The summed E-state index contributed by atoms with van der Waals surface area (Å²) >= 11 is 0. The fraction of sp³-hybridized carbons (Fsp3) is 0.0625. The minimum Gasteiger partial charge on any atom is -0.311 e. The van der Waals surface area contributed by atoms with E-state index in [0.717, 1.165) is 5.69 Å². The Morgan fingerprint density at radius 2 is 1.90 bits per heavy atom. The van der Waals surface area contributed by atoms with Gasteiger partial charge in [-0.15, -0.1) is 0 Å². The third kappa shape index (κ3) is 2.67. The molecule has 0 aliphatic heterocycles. The van der Waals surface area contributed by atoms with Crippen LogP contribution >= 0.6 is 0 Å². The molecule has 1 amide bonds. The molecule has 0 saturated heterocycles. The van der Waals surface area contributed by atoms with Crippen molar-refractivity contribution in [3.8, 4) is 5.82 Å². The van der Waals surface area contributed by atoms with Crippen molar-refractivity contribution in [1.29, 1.82) is 0 Å². The molecule has 104 valence electrons. The molecule has 0 fully saturated rings. The van der Waals surface area contributed by atoms with E-state index in [2.05, 4.69) is 10.1 Å². The van der Waals surface area contributed by atoms with Gasteiger partial charge in [0.25, 0.3) is 5.91 Å². The Bertz CT molecular complexity index is 721. The number of rotatable bonds is 3. The summed E-state index contributed by atoms with van der Waals surface area (Å²) in [6.45, 7) is 0. The number of amides is 1. The number of anilines is 1. The fourth-order valence-corrected chi connectivity index (χ4v) is 2.01. The highest BCUT2D eigenvalue weighted by Gasteiger charge is 2.13. The maximum atomic E-state index is 12.4. The number of nitrogens with zero attached hydrogens (tertiary/aromatic N) is 4. The standard InChI is InChI=1S/C16H14N4O/c1-19(14-6-3-2-4-7-14)16(21)13-8-9-15(17-12-13)20-11-5-10-18-20/h2-12H,1H3. The maximum absolute atomic E-state index is 12.4. The van der Waals surface area contributed by atoms with Crippen molar-refractivity contribution in [2.24, 2.45) is 0 Å². The summed E-state index contributed by atoms with van der Waals surface area (Å²) in [6.07, 6.45) is 5.06. The number of carbonyl (C=O) groups is 1. The molecule has 0 aliphatic carbocycles. The molecule has 3 aromatic rings. The highest BCUT2D eigenvalue weighted by molar-refractivity contribution is 6.05. The molecule has 2 heterocycles. The molecule has 2 aromatic heterocycles. The molecule has 0 radical (unpaired) electrons. The lowest BCUT2D eigenvalue weighted by Gasteiger charge is -2.17. The van der Waals surface area contributed by atoms with Gasteiger partial charge in [-0.05, 0) is 30.3 Å². The van der Waals surface area contributed by atoms with Gasteiger partial charge in [-0.3, -0.25) is 4.79 Å². The number of carbonyl (C=O) groups excluding carboxylic acids is 1. The Hall–Kier alpha value is -2.95. The second-order valence-corrected chi connectivity index (χ2v) is 4.56. The van der Waals surface area contributed by atoms with Crippen LogP contribution in [0.25, 0.3) is 5.82 Å². The minimum atomic E-state index is -0.0966. The van der Waals surface area contributed by atoms with E-state index >= 15 is 0 Å². The van der Waals surface area contributed by atoms with Gasteiger partial charge in [0.2, 0.25) is 0 Å². The van der Waals surface area contributed by atoms with Gasteiger partial charge in [0.1, 0.15) is 0 Å². The van der Waals surface area contributed by atoms with E-state index in [-0.39, 0.29) is 5.91 Å². The second-order valence-electron chi connectivity index (χ2n) is 4.56. The first kappa shape index (κ1) is 13.1. The van der Waals surface area contributed by atoms with Crippen molar-refractivity contribution in [3.05, 3.63) is 72.7 Å². The molecule has 0 spiro atoms. The number of aromatic nitrogens is 3. The van der Waals surface area contributed by atoms with Gasteiger partial charge in [-0.2, -0.15) is 5.10 Å². The van der Waals surface area contributed by atoms with Crippen molar-refractivity contribution in [2.45, 2.75) is 0 Å². The summed E-state index contributed by atoms with van der Waals surface area (Å²) in [5.41, 5.74) is 1.39. The Labute approximate surface area is 122 Å².